The lowest BCUT2D eigenvalue weighted by atomic mass is 10.1. The van der Waals surface area contributed by atoms with E-state index in [4.69, 9.17) is 21.1 Å². The van der Waals surface area contributed by atoms with Crippen molar-refractivity contribution in [2.24, 2.45) is 0 Å². The van der Waals surface area contributed by atoms with Gasteiger partial charge in [-0.3, -0.25) is 13.9 Å². The van der Waals surface area contributed by atoms with Gasteiger partial charge in [0.25, 0.3) is 10.0 Å². The molecule has 3 aromatic rings. The zero-order chi connectivity index (χ0) is 29.4. The van der Waals surface area contributed by atoms with E-state index in [0.717, 1.165) is 16.4 Å². The first-order valence-electron chi connectivity index (χ1n) is 12.3. The fraction of sp³-hybridized carbons (Fsp3) is 0.286. The van der Waals surface area contributed by atoms with Crippen molar-refractivity contribution in [2.45, 2.75) is 30.8 Å². The minimum absolute atomic E-state index is 0.0436. The van der Waals surface area contributed by atoms with Crippen LogP contribution in [0.15, 0.2) is 71.6 Å². The van der Waals surface area contributed by atoms with Crippen molar-refractivity contribution < 1.29 is 31.9 Å². The summed E-state index contributed by atoms with van der Waals surface area (Å²) in [7, 11) is -0.154. The molecule has 0 heterocycles. The van der Waals surface area contributed by atoms with Crippen LogP contribution in [0.5, 0.6) is 11.5 Å². The maximum absolute atomic E-state index is 14.0. The molecule has 3 rings (SSSR count). The molecule has 0 aliphatic heterocycles. The van der Waals surface area contributed by atoms with Gasteiger partial charge in [0, 0.05) is 24.7 Å². The maximum Gasteiger partial charge on any atom is 0.264 e. The Hall–Kier alpha value is -3.83. The van der Waals surface area contributed by atoms with Crippen molar-refractivity contribution in [3.05, 3.63) is 83.1 Å². The van der Waals surface area contributed by atoms with Crippen molar-refractivity contribution in [3.63, 3.8) is 0 Å². The minimum Gasteiger partial charge on any atom is -0.493 e. The van der Waals surface area contributed by atoms with Crippen LogP contribution < -0.4 is 19.1 Å². The number of amides is 2. The number of ether oxygens (including phenoxy) is 2. The van der Waals surface area contributed by atoms with E-state index in [-0.39, 0.29) is 29.3 Å². The number of nitrogens with one attached hydrogen (secondary N) is 1. The van der Waals surface area contributed by atoms with Crippen LogP contribution in [0.1, 0.15) is 18.9 Å². The lowest BCUT2D eigenvalue weighted by molar-refractivity contribution is -0.140. The number of benzene rings is 3. The van der Waals surface area contributed by atoms with Gasteiger partial charge in [-0.2, -0.15) is 0 Å². The number of rotatable bonds is 12. The average Bonchev–Trinajstić information content (AvgIpc) is 2.96. The van der Waals surface area contributed by atoms with Crippen LogP contribution in [-0.4, -0.2) is 59.0 Å². The van der Waals surface area contributed by atoms with Gasteiger partial charge in [-0.1, -0.05) is 36.7 Å². The lowest BCUT2D eigenvalue weighted by Gasteiger charge is -2.33. The van der Waals surface area contributed by atoms with Crippen LogP contribution in [0.2, 0.25) is 5.02 Å². The van der Waals surface area contributed by atoms with Gasteiger partial charge in [-0.05, 0) is 54.4 Å². The Labute approximate surface area is 238 Å². The van der Waals surface area contributed by atoms with Crippen molar-refractivity contribution >= 4 is 39.1 Å². The molecule has 1 N–H and O–H groups in total. The summed E-state index contributed by atoms with van der Waals surface area (Å²) >= 11 is 6.35. The Morgan fingerprint density at radius 3 is 2.23 bits per heavy atom. The summed E-state index contributed by atoms with van der Waals surface area (Å²) in [5.41, 5.74) is 0.631. The van der Waals surface area contributed by atoms with Gasteiger partial charge in [-0.15, -0.1) is 0 Å². The number of hydrogen-bond acceptors (Lipinski definition) is 6. The van der Waals surface area contributed by atoms with Crippen LogP contribution in [0.4, 0.5) is 10.1 Å². The van der Waals surface area contributed by atoms with Gasteiger partial charge in [0.15, 0.2) is 11.5 Å². The zero-order valence-corrected chi connectivity index (χ0v) is 24.1. The van der Waals surface area contributed by atoms with E-state index >= 15 is 0 Å². The lowest BCUT2D eigenvalue weighted by Crippen LogP contribution is -2.51. The normalized spacial score (nSPS) is 11.8. The number of carbonyl (C=O) groups excluding carboxylic acids is 2. The quantitative estimate of drug-likeness (QED) is 0.338. The molecule has 0 aliphatic rings. The Balaban J connectivity index is 2.10. The van der Waals surface area contributed by atoms with E-state index in [1.54, 1.807) is 31.2 Å². The number of carbonyl (C=O) groups is 2. The van der Waals surface area contributed by atoms with Crippen molar-refractivity contribution in [1.82, 2.24) is 10.2 Å². The molecule has 2 amide bonds. The molecule has 0 radical (unpaired) electrons. The zero-order valence-electron chi connectivity index (χ0n) is 22.6. The second-order valence-corrected chi connectivity index (χ2v) is 10.9. The summed E-state index contributed by atoms with van der Waals surface area (Å²) < 4.78 is 53.0. The summed E-state index contributed by atoms with van der Waals surface area (Å²) in [5.74, 6) is -1.18. The standard InChI is InChI=1S/C28H31ClFN3O6S/c1-5-24(28(35)31-2)32(17-19-8-6-7-9-23(19)29)27(34)18-33(21-12-10-20(30)11-13-21)40(36,37)22-14-15-25(38-3)26(16-22)39-4/h6-16,24H,5,17-18H2,1-4H3,(H,31,35). The van der Waals surface area contributed by atoms with Gasteiger partial charge in [0.2, 0.25) is 11.8 Å². The van der Waals surface area contributed by atoms with Gasteiger partial charge in [0.1, 0.15) is 18.4 Å². The first-order chi connectivity index (χ1) is 19.1. The van der Waals surface area contributed by atoms with E-state index in [0.29, 0.717) is 16.3 Å². The Kier molecular flexibility index (Phi) is 10.4. The SMILES string of the molecule is CCC(C(=O)NC)N(Cc1ccccc1Cl)C(=O)CN(c1ccc(F)cc1)S(=O)(=O)c1ccc(OC)c(OC)c1. The third-order valence-corrected chi connectivity index (χ3v) is 8.41. The third kappa shape index (κ3) is 6.83. The molecule has 0 spiro atoms. The third-order valence-electron chi connectivity index (χ3n) is 6.27. The Morgan fingerprint density at radius 2 is 1.65 bits per heavy atom. The molecule has 3 aromatic carbocycles. The second kappa shape index (κ2) is 13.5. The molecule has 40 heavy (non-hydrogen) atoms. The number of anilines is 1. The molecule has 1 unspecified atom stereocenters. The molecule has 0 aromatic heterocycles. The van der Waals surface area contributed by atoms with Crippen LogP contribution in [0, 0.1) is 5.82 Å². The largest absolute Gasteiger partial charge is 0.493 e. The van der Waals surface area contributed by atoms with Gasteiger partial charge in [-0.25, -0.2) is 12.8 Å². The summed E-state index contributed by atoms with van der Waals surface area (Å²) in [6.07, 6.45) is 0.259. The summed E-state index contributed by atoms with van der Waals surface area (Å²) in [6, 6.07) is 14.7. The molecule has 0 saturated heterocycles. The predicted molar refractivity (Wildman–Crippen MR) is 151 cm³/mol. The number of likely N-dealkylation sites (N-methyl/N-ethyl adjacent to an activating group) is 1. The highest BCUT2D eigenvalue weighted by molar-refractivity contribution is 7.92. The number of nitrogens with zero attached hydrogens (tertiary/aromatic N) is 2. The molecular formula is C28H31ClFN3O6S. The molecule has 0 bridgehead atoms. The van der Waals surface area contributed by atoms with Crippen molar-refractivity contribution in [2.75, 3.05) is 32.1 Å². The van der Waals surface area contributed by atoms with E-state index in [2.05, 4.69) is 5.32 Å². The minimum atomic E-state index is -4.39. The van der Waals surface area contributed by atoms with Crippen molar-refractivity contribution in [3.8, 4) is 11.5 Å². The monoisotopic (exact) mass is 591 g/mol. The molecule has 0 aliphatic carbocycles. The molecule has 0 fully saturated rings. The van der Waals surface area contributed by atoms with Crippen LogP contribution in [0.25, 0.3) is 0 Å². The van der Waals surface area contributed by atoms with E-state index in [9.17, 15) is 22.4 Å². The molecule has 9 nitrogen and oxygen atoms in total. The molecule has 12 heteroatoms. The first-order valence-corrected chi connectivity index (χ1v) is 14.1. The topological polar surface area (TPSA) is 105 Å². The molecule has 0 saturated carbocycles. The number of sulfonamides is 1. The summed E-state index contributed by atoms with van der Waals surface area (Å²) in [6.45, 7) is 1.02. The van der Waals surface area contributed by atoms with Crippen LogP contribution in [-0.2, 0) is 26.2 Å². The maximum atomic E-state index is 14.0. The molecule has 214 valence electrons. The fourth-order valence-electron chi connectivity index (χ4n) is 4.14. The first kappa shape index (κ1) is 30.7. The highest BCUT2D eigenvalue weighted by Gasteiger charge is 2.34. The number of hydrogen-bond donors (Lipinski definition) is 1. The van der Waals surface area contributed by atoms with Crippen LogP contribution >= 0.6 is 11.6 Å². The second-order valence-electron chi connectivity index (χ2n) is 8.66. The van der Waals surface area contributed by atoms with Gasteiger partial charge < -0.3 is 19.7 Å². The summed E-state index contributed by atoms with van der Waals surface area (Å²) in [4.78, 5) is 27.8. The Morgan fingerprint density at radius 1 is 1.00 bits per heavy atom. The highest BCUT2D eigenvalue weighted by atomic mass is 35.5. The van der Waals surface area contributed by atoms with E-state index in [1.165, 1.54) is 56.5 Å². The smallest absolute Gasteiger partial charge is 0.264 e. The van der Waals surface area contributed by atoms with Crippen molar-refractivity contribution in [1.29, 1.82) is 0 Å². The molecule has 1 atom stereocenters. The summed E-state index contributed by atoms with van der Waals surface area (Å²) in [5, 5.41) is 2.95. The van der Waals surface area contributed by atoms with Crippen LogP contribution in [0.3, 0.4) is 0 Å². The number of halogens is 2. The Bertz CT molecular complexity index is 1450. The highest BCUT2D eigenvalue weighted by Crippen LogP contribution is 2.32. The number of methoxy groups -OCH3 is 2. The fourth-order valence-corrected chi connectivity index (χ4v) is 5.76. The predicted octanol–water partition coefficient (Wildman–Crippen LogP) is 4.25. The molecular weight excluding hydrogens is 561 g/mol. The van der Waals surface area contributed by atoms with E-state index in [1.807, 2.05) is 0 Å². The average molecular weight is 592 g/mol. The van der Waals surface area contributed by atoms with Gasteiger partial charge >= 0.3 is 0 Å². The van der Waals surface area contributed by atoms with E-state index < -0.39 is 40.2 Å². The van der Waals surface area contributed by atoms with Gasteiger partial charge in [0.05, 0.1) is 24.8 Å².